The first-order valence-corrected chi connectivity index (χ1v) is 6.22. The molecule has 2 atom stereocenters. The second-order valence-electron chi connectivity index (χ2n) is 4.77. The molecular formula is C12H25N3O2. The standard InChI is InChI=1S/C12H25N3O2/c1-9(2)7-11(14)12(17)15-10(8-16)5-3-4-6-13/h8-11H,3-7,13-14H2,1-2H3,(H,15,17)/t10-,11-/m0/s1. The van der Waals surface area contributed by atoms with E-state index in [9.17, 15) is 9.59 Å². The van der Waals surface area contributed by atoms with Crippen molar-refractivity contribution in [2.45, 2.75) is 51.6 Å². The average Bonchev–Trinajstić information content (AvgIpc) is 2.26. The molecule has 0 radical (unpaired) electrons. The molecule has 0 aliphatic carbocycles. The molecule has 17 heavy (non-hydrogen) atoms. The molecular weight excluding hydrogens is 218 g/mol. The molecule has 0 aliphatic heterocycles. The molecule has 5 heteroatoms. The second kappa shape index (κ2) is 9.13. The maximum absolute atomic E-state index is 11.7. The van der Waals surface area contributed by atoms with Gasteiger partial charge in [-0.1, -0.05) is 13.8 Å². The van der Waals surface area contributed by atoms with E-state index in [0.29, 0.717) is 25.3 Å². The van der Waals surface area contributed by atoms with Crippen LogP contribution in [0.1, 0.15) is 39.5 Å². The van der Waals surface area contributed by atoms with Gasteiger partial charge in [0.15, 0.2) is 0 Å². The van der Waals surface area contributed by atoms with Crippen LogP contribution in [-0.4, -0.2) is 30.8 Å². The number of hydrogen-bond donors (Lipinski definition) is 3. The van der Waals surface area contributed by atoms with E-state index in [2.05, 4.69) is 5.32 Å². The summed E-state index contributed by atoms with van der Waals surface area (Å²) in [6.45, 7) is 4.61. The minimum absolute atomic E-state index is 0.247. The summed E-state index contributed by atoms with van der Waals surface area (Å²) in [5, 5.41) is 2.66. The van der Waals surface area contributed by atoms with Gasteiger partial charge in [0.1, 0.15) is 6.29 Å². The lowest BCUT2D eigenvalue weighted by Gasteiger charge is -2.17. The summed E-state index contributed by atoms with van der Waals surface area (Å²) in [5.41, 5.74) is 11.1. The number of carbonyl (C=O) groups excluding carboxylic acids is 2. The highest BCUT2D eigenvalue weighted by molar-refractivity contribution is 5.84. The van der Waals surface area contributed by atoms with Crippen molar-refractivity contribution in [3.8, 4) is 0 Å². The van der Waals surface area contributed by atoms with E-state index in [-0.39, 0.29) is 5.91 Å². The largest absolute Gasteiger partial charge is 0.345 e. The van der Waals surface area contributed by atoms with Crippen molar-refractivity contribution in [2.75, 3.05) is 6.54 Å². The van der Waals surface area contributed by atoms with Crippen molar-refractivity contribution in [2.24, 2.45) is 17.4 Å². The summed E-state index contributed by atoms with van der Waals surface area (Å²) in [5.74, 6) is 0.117. The third-order valence-electron chi connectivity index (χ3n) is 2.52. The van der Waals surface area contributed by atoms with Gasteiger partial charge in [-0.05, 0) is 38.1 Å². The van der Waals surface area contributed by atoms with Gasteiger partial charge in [0.05, 0.1) is 12.1 Å². The molecule has 0 aromatic heterocycles. The lowest BCUT2D eigenvalue weighted by atomic mass is 10.0. The van der Waals surface area contributed by atoms with Gasteiger partial charge in [-0.2, -0.15) is 0 Å². The smallest absolute Gasteiger partial charge is 0.237 e. The zero-order valence-corrected chi connectivity index (χ0v) is 10.8. The van der Waals surface area contributed by atoms with Crippen LogP contribution in [0.5, 0.6) is 0 Å². The molecule has 0 fully saturated rings. The highest BCUT2D eigenvalue weighted by Gasteiger charge is 2.18. The Labute approximate surface area is 103 Å². The van der Waals surface area contributed by atoms with E-state index in [1.165, 1.54) is 0 Å². The minimum atomic E-state index is -0.535. The van der Waals surface area contributed by atoms with Gasteiger partial charge < -0.3 is 21.6 Å². The maximum atomic E-state index is 11.7. The van der Waals surface area contributed by atoms with E-state index in [1.54, 1.807) is 0 Å². The van der Waals surface area contributed by atoms with Gasteiger partial charge in [0.2, 0.25) is 5.91 Å². The normalized spacial score (nSPS) is 14.4. The Bertz CT molecular complexity index is 232. The molecule has 0 bridgehead atoms. The first-order chi connectivity index (χ1) is 8.01. The van der Waals surface area contributed by atoms with Crippen molar-refractivity contribution in [3.05, 3.63) is 0 Å². The SMILES string of the molecule is CC(C)C[C@H](N)C(=O)N[C@H](C=O)CCCCN. The van der Waals surface area contributed by atoms with E-state index >= 15 is 0 Å². The van der Waals surface area contributed by atoms with Gasteiger partial charge in [-0.25, -0.2) is 0 Å². The van der Waals surface area contributed by atoms with Crippen LogP contribution in [0.15, 0.2) is 0 Å². The topological polar surface area (TPSA) is 98.2 Å². The van der Waals surface area contributed by atoms with Crippen LogP contribution >= 0.6 is 0 Å². The fraction of sp³-hybridized carbons (Fsp3) is 0.833. The second-order valence-corrected chi connectivity index (χ2v) is 4.77. The molecule has 1 amide bonds. The fourth-order valence-corrected chi connectivity index (χ4v) is 1.59. The Balaban J connectivity index is 4.00. The van der Waals surface area contributed by atoms with Gasteiger partial charge in [-0.15, -0.1) is 0 Å². The molecule has 0 unspecified atom stereocenters. The number of aldehydes is 1. The van der Waals surface area contributed by atoms with Crippen molar-refractivity contribution >= 4 is 12.2 Å². The molecule has 5 nitrogen and oxygen atoms in total. The van der Waals surface area contributed by atoms with Crippen molar-refractivity contribution in [3.63, 3.8) is 0 Å². The lowest BCUT2D eigenvalue weighted by molar-refractivity contribution is -0.125. The van der Waals surface area contributed by atoms with E-state index in [1.807, 2.05) is 13.8 Å². The molecule has 0 rings (SSSR count). The van der Waals surface area contributed by atoms with Crippen LogP contribution in [0.3, 0.4) is 0 Å². The Hall–Kier alpha value is -0.940. The third-order valence-corrected chi connectivity index (χ3v) is 2.52. The van der Waals surface area contributed by atoms with Crippen molar-refractivity contribution < 1.29 is 9.59 Å². The summed E-state index contributed by atoms with van der Waals surface area (Å²) < 4.78 is 0. The molecule has 0 saturated carbocycles. The number of unbranched alkanes of at least 4 members (excludes halogenated alkanes) is 1. The summed E-state index contributed by atoms with van der Waals surface area (Å²) in [4.78, 5) is 22.5. The fourth-order valence-electron chi connectivity index (χ4n) is 1.59. The monoisotopic (exact) mass is 243 g/mol. The number of amides is 1. The number of hydrogen-bond acceptors (Lipinski definition) is 4. The quantitative estimate of drug-likeness (QED) is 0.397. The minimum Gasteiger partial charge on any atom is -0.345 e. The molecule has 0 heterocycles. The average molecular weight is 243 g/mol. The summed E-state index contributed by atoms with van der Waals surface area (Å²) in [6.07, 6.45) is 3.70. The summed E-state index contributed by atoms with van der Waals surface area (Å²) in [6, 6.07) is -0.973. The van der Waals surface area contributed by atoms with Crippen molar-refractivity contribution in [1.82, 2.24) is 5.32 Å². The van der Waals surface area contributed by atoms with Crippen molar-refractivity contribution in [1.29, 1.82) is 0 Å². The highest BCUT2D eigenvalue weighted by Crippen LogP contribution is 2.04. The Kier molecular flexibility index (Phi) is 8.62. The van der Waals surface area contributed by atoms with Crippen LogP contribution in [0.4, 0.5) is 0 Å². The number of nitrogens with one attached hydrogen (secondary N) is 1. The lowest BCUT2D eigenvalue weighted by Crippen LogP contribution is -2.46. The third kappa shape index (κ3) is 7.88. The zero-order valence-electron chi connectivity index (χ0n) is 10.8. The number of carbonyl (C=O) groups is 2. The first-order valence-electron chi connectivity index (χ1n) is 6.22. The van der Waals surface area contributed by atoms with E-state index in [4.69, 9.17) is 11.5 Å². The van der Waals surface area contributed by atoms with Crippen LogP contribution < -0.4 is 16.8 Å². The predicted molar refractivity (Wildman–Crippen MR) is 68.3 cm³/mol. The predicted octanol–water partition coefficient (Wildman–Crippen LogP) is 0.173. The number of rotatable bonds is 9. The van der Waals surface area contributed by atoms with Crippen LogP contribution in [0.2, 0.25) is 0 Å². The molecule has 0 aliphatic rings. The van der Waals surface area contributed by atoms with Gasteiger partial charge in [0.25, 0.3) is 0 Å². The van der Waals surface area contributed by atoms with E-state index in [0.717, 1.165) is 19.1 Å². The Morgan fingerprint density at radius 2 is 2.00 bits per heavy atom. The molecule has 100 valence electrons. The maximum Gasteiger partial charge on any atom is 0.237 e. The van der Waals surface area contributed by atoms with E-state index < -0.39 is 12.1 Å². The summed E-state index contributed by atoms with van der Waals surface area (Å²) >= 11 is 0. The van der Waals surface area contributed by atoms with Gasteiger partial charge in [0, 0.05) is 0 Å². The van der Waals surface area contributed by atoms with Crippen LogP contribution in [0, 0.1) is 5.92 Å². The first kappa shape index (κ1) is 16.1. The Morgan fingerprint density at radius 1 is 1.35 bits per heavy atom. The summed E-state index contributed by atoms with van der Waals surface area (Å²) in [7, 11) is 0. The molecule has 0 aromatic carbocycles. The Morgan fingerprint density at radius 3 is 2.47 bits per heavy atom. The molecule has 0 spiro atoms. The van der Waals surface area contributed by atoms with Gasteiger partial charge >= 0.3 is 0 Å². The molecule has 0 saturated heterocycles. The number of nitrogens with two attached hydrogens (primary N) is 2. The zero-order chi connectivity index (χ0) is 13.3. The van der Waals surface area contributed by atoms with Gasteiger partial charge in [-0.3, -0.25) is 4.79 Å². The highest BCUT2D eigenvalue weighted by atomic mass is 16.2. The molecule has 5 N–H and O–H groups in total. The molecule has 0 aromatic rings. The van der Waals surface area contributed by atoms with Crippen LogP contribution in [-0.2, 0) is 9.59 Å². The van der Waals surface area contributed by atoms with Crippen LogP contribution in [0.25, 0.3) is 0 Å².